The third-order valence-corrected chi connectivity index (χ3v) is 3.15. The zero-order valence-corrected chi connectivity index (χ0v) is 11.8. The average Bonchev–Trinajstić information content (AvgIpc) is 2.40. The Morgan fingerprint density at radius 3 is 1.91 bits per heavy atom. The predicted octanol–water partition coefficient (Wildman–Crippen LogP) is 5.27. The van der Waals surface area contributed by atoms with E-state index in [2.05, 4.69) is 20.7 Å². The van der Waals surface area contributed by atoms with E-state index >= 15 is 0 Å². The molecule has 0 spiro atoms. The molecule has 0 radical (unpaired) electrons. The molecule has 0 unspecified atom stereocenters. The van der Waals surface area contributed by atoms with Gasteiger partial charge in [-0.1, -0.05) is 0 Å². The van der Waals surface area contributed by atoms with E-state index in [4.69, 9.17) is 0 Å². The molecule has 0 aliphatic carbocycles. The molecule has 9 heteroatoms. The highest BCUT2D eigenvalue weighted by Crippen LogP contribution is 2.37. The minimum Gasteiger partial charge on any atom is -0.429 e. The van der Waals surface area contributed by atoms with E-state index in [1.54, 1.807) is 0 Å². The summed E-state index contributed by atoms with van der Waals surface area (Å²) in [4.78, 5) is 0. The Balaban J connectivity index is 2.46. The Morgan fingerprint density at radius 2 is 1.36 bits per heavy atom. The molecule has 0 aliphatic heterocycles. The van der Waals surface area contributed by atoms with E-state index in [1.807, 2.05) is 0 Å². The molecule has 0 heterocycles. The Hall–Kier alpha value is -1.77. The van der Waals surface area contributed by atoms with Gasteiger partial charge in [0.25, 0.3) is 0 Å². The van der Waals surface area contributed by atoms with Crippen molar-refractivity contribution in [2.45, 2.75) is 6.11 Å². The lowest BCUT2D eigenvalue weighted by Gasteiger charge is -2.20. The fourth-order valence-corrected chi connectivity index (χ4v) is 1.91. The summed E-state index contributed by atoms with van der Waals surface area (Å²) in [6.45, 7) is 0. The molecule has 22 heavy (non-hydrogen) atoms. The first-order valence-electron chi connectivity index (χ1n) is 5.49. The number of benzene rings is 2. The van der Waals surface area contributed by atoms with Crippen molar-refractivity contribution in [2.75, 3.05) is 0 Å². The van der Waals surface area contributed by atoms with Crippen molar-refractivity contribution in [3.05, 3.63) is 63.4 Å². The van der Waals surface area contributed by atoms with Crippen molar-refractivity contribution in [3.8, 4) is 5.75 Å². The van der Waals surface area contributed by atoms with Gasteiger partial charge in [0.1, 0.15) is 17.1 Å². The van der Waals surface area contributed by atoms with Crippen LogP contribution < -0.4 is 4.74 Å². The topological polar surface area (TPSA) is 9.23 Å². The first-order valence-corrected chi connectivity index (χ1v) is 6.28. The van der Waals surface area contributed by atoms with Gasteiger partial charge in [-0.05, 0) is 28.1 Å². The molecule has 118 valence electrons. The molecule has 0 N–H and O–H groups in total. The van der Waals surface area contributed by atoms with Gasteiger partial charge in [0.05, 0.1) is 4.47 Å². The van der Waals surface area contributed by atoms with E-state index in [1.165, 1.54) is 0 Å². The molecule has 0 bridgehead atoms. The fraction of sp³-hybridized carbons (Fsp3) is 0.0769. The van der Waals surface area contributed by atoms with Crippen molar-refractivity contribution < 1.29 is 35.5 Å². The van der Waals surface area contributed by atoms with Crippen LogP contribution in [-0.2, 0) is 6.11 Å². The van der Waals surface area contributed by atoms with Crippen molar-refractivity contribution in [1.82, 2.24) is 0 Å². The van der Waals surface area contributed by atoms with Crippen LogP contribution in [0.3, 0.4) is 0 Å². The lowest BCUT2D eigenvalue weighted by molar-refractivity contribution is -0.189. The average molecular weight is 389 g/mol. The summed E-state index contributed by atoms with van der Waals surface area (Å²) in [6.07, 6.45) is -4.59. The lowest BCUT2D eigenvalue weighted by atomic mass is 10.2. The number of halogens is 8. The van der Waals surface area contributed by atoms with Gasteiger partial charge in [0, 0.05) is 12.1 Å². The largest absolute Gasteiger partial charge is 0.432 e. The summed E-state index contributed by atoms with van der Waals surface area (Å²) in [6, 6.07) is 1.65. The van der Waals surface area contributed by atoms with E-state index in [9.17, 15) is 30.7 Å². The third kappa shape index (κ3) is 3.03. The van der Waals surface area contributed by atoms with E-state index < -0.39 is 51.0 Å². The number of rotatable bonds is 3. The zero-order valence-electron chi connectivity index (χ0n) is 10.2. The van der Waals surface area contributed by atoms with Crippen molar-refractivity contribution in [3.63, 3.8) is 0 Å². The molecule has 0 aromatic heterocycles. The molecule has 0 amide bonds. The minimum absolute atomic E-state index is 0.125. The van der Waals surface area contributed by atoms with Crippen LogP contribution in [0.1, 0.15) is 5.56 Å². The molecule has 0 atom stereocenters. The van der Waals surface area contributed by atoms with Crippen molar-refractivity contribution in [1.29, 1.82) is 0 Å². The highest BCUT2D eigenvalue weighted by atomic mass is 79.9. The maximum absolute atomic E-state index is 13.8. The fourth-order valence-electron chi connectivity index (χ4n) is 1.58. The normalized spacial score (nSPS) is 11.6. The molecule has 0 saturated heterocycles. The van der Waals surface area contributed by atoms with Crippen LogP contribution in [0.2, 0.25) is 0 Å². The van der Waals surface area contributed by atoms with E-state index in [0.29, 0.717) is 6.07 Å². The Morgan fingerprint density at radius 1 is 0.818 bits per heavy atom. The summed E-state index contributed by atoms with van der Waals surface area (Å²) >= 11 is 2.59. The predicted molar refractivity (Wildman–Crippen MR) is 64.9 cm³/mol. The summed E-state index contributed by atoms with van der Waals surface area (Å²) in [5, 5.41) is 0. The molecule has 0 saturated carbocycles. The molecule has 1 nitrogen and oxygen atoms in total. The highest BCUT2D eigenvalue weighted by molar-refractivity contribution is 9.10. The summed E-state index contributed by atoms with van der Waals surface area (Å²) in [5.74, 6) is -9.89. The molecule has 0 fully saturated rings. The molecule has 2 aromatic rings. The second-order valence-corrected chi connectivity index (χ2v) is 4.89. The number of hydrogen-bond acceptors (Lipinski definition) is 1. The Bertz CT molecular complexity index is 710. The first-order chi connectivity index (χ1) is 10.1. The first kappa shape index (κ1) is 16.6. The monoisotopic (exact) mass is 388 g/mol. The second-order valence-electron chi connectivity index (χ2n) is 4.04. The number of alkyl halides is 2. The van der Waals surface area contributed by atoms with Gasteiger partial charge in [-0.15, -0.1) is 0 Å². The molecule has 0 aliphatic rings. The SMILES string of the molecule is Fc1cc(OC(F)(F)c2c(F)ccc(Br)c2F)cc(F)c1F. The molecular weight excluding hydrogens is 385 g/mol. The molecule has 2 rings (SSSR count). The standard InChI is InChI=1S/C13H4BrF7O/c14-6-1-2-7(15)10(11(6)18)13(20,21)22-5-3-8(16)12(19)9(17)4-5/h1-4H. The van der Waals surface area contributed by atoms with Crippen LogP contribution in [0.4, 0.5) is 30.7 Å². The Labute approximate surface area is 127 Å². The maximum atomic E-state index is 13.8. The minimum atomic E-state index is -4.59. The highest BCUT2D eigenvalue weighted by Gasteiger charge is 2.42. The van der Waals surface area contributed by atoms with E-state index in [-0.39, 0.29) is 12.1 Å². The summed E-state index contributed by atoms with van der Waals surface area (Å²) in [5.41, 5.74) is -1.76. The van der Waals surface area contributed by atoms with Gasteiger partial charge in [-0.3, -0.25) is 0 Å². The maximum Gasteiger partial charge on any atom is 0.432 e. The van der Waals surface area contributed by atoms with Crippen LogP contribution in [0.25, 0.3) is 0 Å². The third-order valence-electron chi connectivity index (χ3n) is 2.54. The summed E-state index contributed by atoms with van der Waals surface area (Å²) < 4.78 is 96.8. The van der Waals surface area contributed by atoms with Crippen LogP contribution in [0.5, 0.6) is 5.75 Å². The number of ether oxygens (including phenoxy) is 1. The van der Waals surface area contributed by atoms with Gasteiger partial charge < -0.3 is 4.74 Å². The zero-order chi connectivity index (χ0) is 16.7. The van der Waals surface area contributed by atoms with Gasteiger partial charge in [0.15, 0.2) is 23.3 Å². The smallest absolute Gasteiger partial charge is 0.429 e. The van der Waals surface area contributed by atoms with Gasteiger partial charge in [-0.2, -0.15) is 8.78 Å². The Kier molecular flexibility index (Phi) is 4.37. The van der Waals surface area contributed by atoms with E-state index in [0.717, 1.165) is 6.07 Å². The lowest BCUT2D eigenvalue weighted by Crippen LogP contribution is -2.25. The number of hydrogen-bond donors (Lipinski definition) is 0. The van der Waals surface area contributed by atoms with Crippen molar-refractivity contribution in [2.24, 2.45) is 0 Å². The summed E-state index contributed by atoms with van der Waals surface area (Å²) in [7, 11) is 0. The van der Waals surface area contributed by atoms with Crippen LogP contribution in [-0.4, -0.2) is 0 Å². The van der Waals surface area contributed by atoms with Gasteiger partial charge in [-0.25, -0.2) is 22.0 Å². The quantitative estimate of drug-likeness (QED) is 0.395. The van der Waals surface area contributed by atoms with Gasteiger partial charge in [0.2, 0.25) is 0 Å². The van der Waals surface area contributed by atoms with Crippen LogP contribution in [0.15, 0.2) is 28.7 Å². The molecular formula is C13H4BrF7O. The second kappa shape index (κ2) is 5.79. The van der Waals surface area contributed by atoms with Crippen LogP contribution in [0, 0.1) is 29.1 Å². The van der Waals surface area contributed by atoms with Crippen molar-refractivity contribution >= 4 is 15.9 Å². The van der Waals surface area contributed by atoms with Gasteiger partial charge >= 0.3 is 6.11 Å². The molecule has 2 aromatic carbocycles. The van der Waals surface area contributed by atoms with Crippen LogP contribution >= 0.6 is 15.9 Å².